The zero-order chi connectivity index (χ0) is 17.3. The van der Waals surface area contributed by atoms with Gasteiger partial charge in [-0.1, -0.05) is 51.1 Å². The van der Waals surface area contributed by atoms with Crippen molar-refractivity contribution in [3.8, 4) is 0 Å². The van der Waals surface area contributed by atoms with Gasteiger partial charge in [0, 0.05) is 31.5 Å². The van der Waals surface area contributed by atoms with Crippen LogP contribution >= 0.6 is 0 Å². The monoisotopic (exact) mass is 328 g/mol. The van der Waals surface area contributed by atoms with E-state index in [4.69, 9.17) is 0 Å². The number of nitrogens with zero attached hydrogens (tertiary/aromatic N) is 1. The van der Waals surface area contributed by atoms with Crippen LogP contribution in [-0.4, -0.2) is 29.3 Å². The summed E-state index contributed by atoms with van der Waals surface area (Å²) in [5.41, 5.74) is 1.19. The van der Waals surface area contributed by atoms with Crippen LogP contribution in [0.4, 0.5) is 0 Å². The molecule has 2 aliphatic rings. The quantitative estimate of drug-likeness (QED) is 0.903. The number of benzene rings is 1. The molecule has 2 amide bonds. The maximum Gasteiger partial charge on any atom is 0.223 e. The normalized spacial score (nSPS) is 29.2. The van der Waals surface area contributed by atoms with Gasteiger partial charge in [-0.2, -0.15) is 0 Å². The Hall–Kier alpha value is -1.84. The Labute approximate surface area is 144 Å². The van der Waals surface area contributed by atoms with Crippen molar-refractivity contribution >= 4 is 11.8 Å². The maximum atomic E-state index is 12.5. The molecule has 0 aromatic heterocycles. The van der Waals surface area contributed by atoms with E-state index in [2.05, 4.69) is 29.3 Å². The van der Waals surface area contributed by atoms with Crippen molar-refractivity contribution in [2.45, 2.75) is 46.2 Å². The minimum Gasteiger partial charge on any atom is -0.356 e. The molecule has 1 aromatic carbocycles. The molecule has 0 spiro atoms. The van der Waals surface area contributed by atoms with Crippen LogP contribution in [0.5, 0.6) is 0 Å². The topological polar surface area (TPSA) is 49.4 Å². The number of carbonyl (C=O) groups excluding carboxylic acids is 2. The van der Waals surface area contributed by atoms with Gasteiger partial charge in [-0.25, -0.2) is 0 Å². The number of rotatable bonds is 5. The third-order valence-corrected chi connectivity index (χ3v) is 5.75. The van der Waals surface area contributed by atoms with Gasteiger partial charge in [-0.15, -0.1) is 0 Å². The van der Waals surface area contributed by atoms with E-state index in [0.29, 0.717) is 43.3 Å². The molecule has 4 heteroatoms. The molecule has 1 aliphatic heterocycles. The highest BCUT2D eigenvalue weighted by molar-refractivity contribution is 5.80. The summed E-state index contributed by atoms with van der Waals surface area (Å²) in [4.78, 5) is 26.5. The van der Waals surface area contributed by atoms with Gasteiger partial charge < -0.3 is 10.2 Å². The highest BCUT2D eigenvalue weighted by Gasteiger charge is 2.50. The summed E-state index contributed by atoms with van der Waals surface area (Å²) in [6.07, 6.45) is 1.68. The number of hydrogen-bond donors (Lipinski definition) is 1. The summed E-state index contributed by atoms with van der Waals surface area (Å²) in [7, 11) is 0. The van der Waals surface area contributed by atoms with Crippen LogP contribution in [0.15, 0.2) is 30.3 Å². The molecule has 1 aromatic rings. The molecule has 1 aliphatic carbocycles. The van der Waals surface area contributed by atoms with Gasteiger partial charge in [0.1, 0.15) is 0 Å². The molecule has 1 saturated carbocycles. The van der Waals surface area contributed by atoms with Gasteiger partial charge in [-0.05, 0) is 29.7 Å². The first kappa shape index (κ1) is 17.0. The van der Waals surface area contributed by atoms with Gasteiger partial charge >= 0.3 is 0 Å². The molecule has 130 valence electrons. The summed E-state index contributed by atoms with van der Waals surface area (Å²) >= 11 is 0. The van der Waals surface area contributed by atoms with E-state index in [9.17, 15) is 9.59 Å². The molecule has 4 nitrogen and oxygen atoms in total. The van der Waals surface area contributed by atoms with Crippen LogP contribution < -0.4 is 5.32 Å². The Bertz CT molecular complexity index is 599. The first-order valence-electron chi connectivity index (χ1n) is 9.08. The van der Waals surface area contributed by atoms with E-state index < -0.39 is 0 Å². The van der Waals surface area contributed by atoms with Gasteiger partial charge in [0.05, 0.1) is 0 Å². The number of likely N-dealkylation sites (tertiary alicyclic amines) is 1. The maximum absolute atomic E-state index is 12.5. The average molecular weight is 328 g/mol. The molecule has 24 heavy (non-hydrogen) atoms. The van der Waals surface area contributed by atoms with Crippen molar-refractivity contribution in [1.29, 1.82) is 0 Å². The standard InChI is InChI=1S/C20H28N2O2/c1-13(2)20(24)21-11-17-14(3)9-18-16(17)10-19(23)22(18)12-15-7-5-4-6-8-15/h4-8,13-14,16-18H,9-12H2,1-3H3,(H,21,24)/t14-,16-,17+,18+/m0/s1. The predicted octanol–water partition coefficient (Wildman–Crippen LogP) is 2.83. The average Bonchev–Trinajstić information content (AvgIpc) is 3.01. The number of nitrogens with one attached hydrogen (secondary N) is 1. The Balaban J connectivity index is 1.66. The Morgan fingerprint density at radius 2 is 2.00 bits per heavy atom. The second-order valence-corrected chi connectivity index (χ2v) is 7.72. The lowest BCUT2D eigenvalue weighted by Gasteiger charge is -2.25. The van der Waals surface area contributed by atoms with Gasteiger partial charge in [0.15, 0.2) is 0 Å². The third-order valence-electron chi connectivity index (χ3n) is 5.75. The van der Waals surface area contributed by atoms with E-state index >= 15 is 0 Å². The number of carbonyl (C=O) groups is 2. The van der Waals surface area contributed by atoms with Gasteiger partial charge in [0.2, 0.25) is 11.8 Å². The first-order valence-corrected chi connectivity index (χ1v) is 9.08. The van der Waals surface area contributed by atoms with Gasteiger partial charge in [-0.3, -0.25) is 9.59 Å². The molecule has 3 rings (SSSR count). The molecule has 2 fully saturated rings. The van der Waals surface area contributed by atoms with Crippen LogP contribution in [-0.2, 0) is 16.1 Å². The highest BCUT2D eigenvalue weighted by Crippen LogP contribution is 2.46. The Morgan fingerprint density at radius 3 is 2.67 bits per heavy atom. The summed E-state index contributed by atoms with van der Waals surface area (Å²) in [5.74, 6) is 1.71. The summed E-state index contributed by atoms with van der Waals surface area (Å²) < 4.78 is 0. The minimum atomic E-state index is 0.0114. The van der Waals surface area contributed by atoms with Crippen LogP contribution in [0.3, 0.4) is 0 Å². The largest absolute Gasteiger partial charge is 0.356 e. The molecular formula is C20H28N2O2. The van der Waals surface area contributed by atoms with Crippen molar-refractivity contribution in [3.63, 3.8) is 0 Å². The Morgan fingerprint density at radius 1 is 1.29 bits per heavy atom. The van der Waals surface area contributed by atoms with E-state index in [0.717, 1.165) is 6.42 Å². The lowest BCUT2D eigenvalue weighted by Crippen LogP contribution is -2.36. The molecule has 0 radical (unpaired) electrons. The van der Waals surface area contributed by atoms with Crippen molar-refractivity contribution < 1.29 is 9.59 Å². The fraction of sp³-hybridized carbons (Fsp3) is 0.600. The SMILES string of the molecule is CC(C)C(=O)NC[C@H]1[C@@H]2CC(=O)N(Cc3ccccc3)[C@@H]2C[C@@H]1C. The van der Waals surface area contributed by atoms with Crippen molar-refractivity contribution in [2.75, 3.05) is 6.54 Å². The molecule has 0 bridgehead atoms. The van der Waals surface area contributed by atoms with Crippen molar-refractivity contribution in [1.82, 2.24) is 10.2 Å². The number of fused-ring (bicyclic) bond motifs is 1. The van der Waals surface area contributed by atoms with Crippen LogP contribution in [0.1, 0.15) is 39.2 Å². The lowest BCUT2D eigenvalue weighted by molar-refractivity contribution is -0.129. The number of hydrogen-bond acceptors (Lipinski definition) is 2. The van der Waals surface area contributed by atoms with Gasteiger partial charge in [0.25, 0.3) is 0 Å². The minimum absolute atomic E-state index is 0.0114. The van der Waals surface area contributed by atoms with Crippen LogP contribution in [0.2, 0.25) is 0 Å². The molecule has 1 heterocycles. The zero-order valence-electron chi connectivity index (χ0n) is 14.9. The van der Waals surface area contributed by atoms with E-state index in [-0.39, 0.29) is 17.7 Å². The fourth-order valence-electron chi connectivity index (χ4n) is 4.35. The van der Waals surface area contributed by atoms with E-state index in [1.165, 1.54) is 5.56 Å². The van der Waals surface area contributed by atoms with Crippen molar-refractivity contribution in [2.24, 2.45) is 23.7 Å². The lowest BCUT2D eigenvalue weighted by atomic mass is 9.88. The predicted molar refractivity (Wildman–Crippen MR) is 94.0 cm³/mol. The Kier molecular flexibility index (Phi) is 4.93. The smallest absolute Gasteiger partial charge is 0.223 e. The fourth-order valence-corrected chi connectivity index (χ4v) is 4.35. The highest BCUT2D eigenvalue weighted by atomic mass is 16.2. The van der Waals surface area contributed by atoms with Crippen LogP contribution in [0, 0.1) is 23.7 Å². The van der Waals surface area contributed by atoms with Crippen molar-refractivity contribution in [3.05, 3.63) is 35.9 Å². The molecule has 0 unspecified atom stereocenters. The van der Waals surface area contributed by atoms with E-state index in [1.807, 2.05) is 32.0 Å². The molecule has 1 saturated heterocycles. The first-order chi connectivity index (χ1) is 11.5. The zero-order valence-corrected chi connectivity index (χ0v) is 14.9. The van der Waals surface area contributed by atoms with Crippen LogP contribution in [0.25, 0.3) is 0 Å². The second-order valence-electron chi connectivity index (χ2n) is 7.72. The summed E-state index contributed by atoms with van der Waals surface area (Å²) in [6, 6.07) is 10.5. The van der Waals surface area contributed by atoms with E-state index in [1.54, 1.807) is 0 Å². The second kappa shape index (κ2) is 6.96. The summed E-state index contributed by atoms with van der Waals surface area (Å²) in [6.45, 7) is 7.49. The third kappa shape index (κ3) is 3.33. The number of amides is 2. The molecule has 1 N–H and O–H groups in total. The molecular weight excluding hydrogens is 300 g/mol. The summed E-state index contributed by atoms with van der Waals surface area (Å²) in [5, 5.41) is 3.08. The molecule has 4 atom stereocenters.